The minimum Gasteiger partial charge on any atom is -0.395 e. The first-order valence-electron chi connectivity index (χ1n) is 10.4. The molecule has 3 N–H and O–H groups in total. The van der Waals surface area contributed by atoms with Crippen LogP contribution in [0.3, 0.4) is 0 Å². The maximum absolute atomic E-state index is 13.4. The highest BCUT2D eigenvalue weighted by molar-refractivity contribution is 5.82. The third-order valence-electron chi connectivity index (χ3n) is 5.50. The van der Waals surface area contributed by atoms with Crippen molar-refractivity contribution < 1.29 is 18.7 Å². The van der Waals surface area contributed by atoms with Gasteiger partial charge in [0.2, 0.25) is 5.91 Å². The van der Waals surface area contributed by atoms with Gasteiger partial charge in [0.05, 0.1) is 12.6 Å². The molecule has 1 aliphatic rings. The predicted octanol–water partition coefficient (Wildman–Crippen LogP) is 2.26. The van der Waals surface area contributed by atoms with E-state index in [0.29, 0.717) is 6.54 Å². The Bertz CT molecular complexity index is 754. The highest BCUT2D eigenvalue weighted by Gasteiger charge is 2.25. The van der Waals surface area contributed by atoms with Crippen molar-refractivity contribution in [2.24, 2.45) is 0 Å². The number of nitrogens with zero attached hydrogens (tertiary/aromatic N) is 1. The van der Waals surface area contributed by atoms with Crippen LogP contribution in [0.15, 0.2) is 48.5 Å². The molecule has 1 aliphatic heterocycles. The molecule has 7 heteroatoms. The summed E-state index contributed by atoms with van der Waals surface area (Å²) in [5.41, 5.74) is 2.01. The van der Waals surface area contributed by atoms with E-state index in [1.54, 1.807) is 24.3 Å². The van der Waals surface area contributed by atoms with Gasteiger partial charge < -0.3 is 15.7 Å². The second kappa shape index (κ2) is 11.2. The van der Waals surface area contributed by atoms with Crippen molar-refractivity contribution in [1.29, 1.82) is 0 Å². The standard InChI is InChI=1S/C23H29F2N3O2/c24-19-7-3-17(4-8-19)21(18-5-9-20(25)10-6-18)2-1-13-28-14-11-26-22(16-28)23(30)27-12-15-29/h3-10,21-22,26,29H,1-2,11-16H2,(H,27,30). The maximum Gasteiger partial charge on any atom is 0.238 e. The van der Waals surface area contributed by atoms with E-state index in [-0.39, 0.29) is 42.7 Å². The fourth-order valence-electron chi connectivity index (χ4n) is 3.93. The highest BCUT2D eigenvalue weighted by atomic mass is 19.1. The zero-order valence-corrected chi connectivity index (χ0v) is 17.0. The molecule has 2 aromatic rings. The third-order valence-corrected chi connectivity index (χ3v) is 5.50. The first-order chi connectivity index (χ1) is 14.6. The number of halogens is 2. The van der Waals surface area contributed by atoms with Crippen molar-refractivity contribution in [3.8, 4) is 0 Å². The summed E-state index contributed by atoms with van der Waals surface area (Å²) in [5, 5.41) is 14.8. The lowest BCUT2D eigenvalue weighted by Crippen LogP contribution is -2.57. The number of piperazine rings is 1. The number of carbonyl (C=O) groups excluding carboxylic acids is 1. The molecular weight excluding hydrogens is 388 g/mol. The van der Waals surface area contributed by atoms with Crippen LogP contribution >= 0.6 is 0 Å². The van der Waals surface area contributed by atoms with Gasteiger partial charge in [-0.1, -0.05) is 24.3 Å². The fourth-order valence-corrected chi connectivity index (χ4v) is 3.93. The zero-order chi connectivity index (χ0) is 21.3. The Morgan fingerprint density at radius 1 is 1.10 bits per heavy atom. The number of hydrogen-bond acceptors (Lipinski definition) is 4. The fraction of sp³-hybridized carbons (Fsp3) is 0.435. The van der Waals surface area contributed by atoms with Crippen molar-refractivity contribution in [3.05, 3.63) is 71.3 Å². The topological polar surface area (TPSA) is 64.6 Å². The first kappa shape index (κ1) is 22.3. The molecule has 2 aromatic carbocycles. The lowest BCUT2D eigenvalue weighted by molar-refractivity contribution is -0.124. The molecular formula is C23H29F2N3O2. The lowest BCUT2D eigenvalue weighted by Gasteiger charge is -2.33. The summed E-state index contributed by atoms with van der Waals surface area (Å²) < 4.78 is 26.7. The molecule has 0 spiro atoms. The van der Waals surface area contributed by atoms with Crippen LogP contribution in [0.25, 0.3) is 0 Å². The highest BCUT2D eigenvalue weighted by Crippen LogP contribution is 2.29. The van der Waals surface area contributed by atoms with Gasteiger partial charge in [-0.3, -0.25) is 9.69 Å². The van der Waals surface area contributed by atoms with Crippen LogP contribution in [0.1, 0.15) is 29.9 Å². The Morgan fingerprint density at radius 2 is 1.70 bits per heavy atom. The quantitative estimate of drug-likeness (QED) is 0.586. The van der Waals surface area contributed by atoms with Crippen molar-refractivity contribution in [3.63, 3.8) is 0 Å². The average molecular weight is 418 g/mol. The minimum atomic E-state index is -0.282. The molecule has 1 unspecified atom stereocenters. The number of nitrogens with one attached hydrogen (secondary N) is 2. The van der Waals surface area contributed by atoms with Crippen LogP contribution in [0.4, 0.5) is 8.78 Å². The van der Waals surface area contributed by atoms with Crippen molar-refractivity contribution in [1.82, 2.24) is 15.5 Å². The first-order valence-corrected chi connectivity index (χ1v) is 10.4. The molecule has 0 bridgehead atoms. The Labute approximate surface area is 176 Å². The average Bonchev–Trinajstić information content (AvgIpc) is 2.77. The van der Waals surface area contributed by atoms with Gasteiger partial charge >= 0.3 is 0 Å². The zero-order valence-electron chi connectivity index (χ0n) is 17.0. The number of amides is 1. The van der Waals surface area contributed by atoms with Gasteiger partial charge in [-0.2, -0.15) is 0 Å². The van der Waals surface area contributed by atoms with Crippen LogP contribution < -0.4 is 10.6 Å². The molecule has 1 fully saturated rings. The van der Waals surface area contributed by atoms with Crippen molar-refractivity contribution >= 4 is 5.91 Å². The summed E-state index contributed by atoms with van der Waals surface area (Å²) in [6.07, 6.45) is 1.73. The van der Waals surface area contributed by atoms with Gasteiger partial charge in [-0.05, 0) is 54.8 Å². The molecule has 0 aromatic heterocycles. The second-order valence-corrected chi connectivity index (χ2v) is 7.62. The van der Waals surface area contributed by atoms with Crippen LogP contribution in [-0.2, 0) is 4.79 Å². The van der Waals surface area contributed by atoms with Crippen LogP contribution in [-0.4, -0.2) is 61.3 Å². The molecule has 0 saturated carbocycles. The van der Waals surface area contributed by atoms with E-state index in [9.17, 15) is 13.6 Å². The van der Waals surface area contributed by atoms with Crippen LogP contribution in [0.5, 0.6) is 0 Å². The minimum absolute atomic E-state index is 0.0535. The Balaban J connectivity index is 1.59. The summed E-state index contributed by atoms with van der Waals surface area (Å²) in [7, 11) is 0. The van der Waals surface area contributed by atoms with Gasteiger partial charge in [0.1, 0.15) is 11.6 Å². The molecule has 3 rings (SSSR count). The largest absolute Gasteiger partial charge is 0.395 e. The molecule has 30 heavy (non-hydrogen) atoms. The van der Waals surface area contributed by atoms with E-state index in [1.807, 2.05) is 0 Å². The number of rotatable bonds is 9. The van der Waals surface area contributed by atoms with Crippen LogP contribution in [0, 0.1) is 11.6 Å². The van der Waals surface area contributed by atoms with Gasteiger partial charge in [0.15, 0.2) is 0 Å². The second-order valence-electron chi connectivity index (χ2n) is 7.62. The van der Waals surface area contributed by atoms with E-state index >= 15 is 0 Å². The lowest BCUT2D eigenvalue weighted by atomic mass is 9.87. The molecule has 1 amide bonds. The van der Waals surface area contributed by atoms with Crippen molar-refractivity contribution in [2.75, 3.05) is 39.3 Å². The van der Waals surface area contributed by atoms with Gasteiger partial charge in [0.25, 0.3) is 0 Å². The summed E-state index contributed by atoms with van der Waals surface area (Å²) in [4.78, 5) is 14.4. The SMILES string of the molecule is O=C(NCCO)C1CN(CCCC(c2ccc(F)cc2)c2ccc(F)cc2)CCN1. The van der Waals surface area contributed by atoms with Gasteiger partial charge in [0, 0.05) is 32.1 Å². The van der Waals surface area contributed by atoms with Gasteiger partial charge in [-0.15, -0.1) is 0 Å². The monoisotopic (exact) mass is 417 g/mol. The smallest absolute Gasteiger partial charge is 0.238 e. The molecule has 0 radical (unpaired) electrons. The van der Waals surface area contributed by atoms with Gasteiger partial charge in [-0.25, -0.2) is 8.78 Å². The molecule has 0 aliphatic carbocycles. The third kappa shape index (κ3) is 6.32. The number of aliphatic hydroxyl groups is 1. The number of hydrogen-bond donors (Lipinski definition) is 3. The molecule has 162 valence electrons. The van der Waals surface area contributed by atoms with E-state index in [1.165, 1.54) is 24.3 Å². The number of carbonyl (C=O) groups is 1. The summed E-state index contributed by atoms with van der Waals surface area (Å²) >= 11 is 0. The van der Waals surface area contributed by atoms with E-state index in [4.69, 9.17) is 5.11 Å². The van der Waals surface area contributed by atoms with E-state index < -0.39 is 0 Å². The van der Waals surface area contributed by atoms with Crippen LogP contribution in [0.2, 0.25) is 0 Å². The molecule has 1 atom stereocenters. The molecule has 5 nitrogen and oxygen atoms in total. The Kier molecular flexibility index (Phi) is 8.30. The number of aliphatic hydroxyl groups excluding tert-OH is 1. The summed E-state index contributed by atoms with van der Waals surface area (Å²) in [6.45, 7) is 3.24. The summed E-state index contributed by atoms with van der Waals surface area (Å²) in [5.74, 6) is -0.590. The predicted molar refractivity (Wildman–Crippen MR) is 112 cm³/mol. The normalized spacial score (nSPS) is 17.3. The van der Waals surface area contributed by atoms with Crippen molar-refractivity contribution in [2.45, 2.75) is 24.8 Å². The van der Waals surface area contributed by atoms with E-state index in [0.717, 1.165) is 43.6 Å². The summed E-state index contributed by atoms with van der Waals surface area (Å²) in [6, 6.07) is 12.7. The molecule has 1 heterocycles. The molecule has 1 saturated heterocycles. The maximum atomic E-state index is 13.4. The van der Waals surface area contributed by atoms with E-state index in [2.05, 4.69) is 15.5 Å². The Hall–Kier alpha value is -2.35. The number of benzene rings is 2. The Morgan fingerprint density at radius 3 is 2.27 bits per heavy atom.